The fourth-order valence-electron chi connectivity index (χ4n) is 0.911. The summed E-state index contributed by atoms with van der Waals surface area (Å²) >= 11 is 0. The Kier molecular flexibility index (Phi) is 3.36. The lowest BCUT2D eigenvalue weighted by Crippen LogP contribution is -2.27. The van der Waals surface area contributed by atoms with Crippen molar-refractivity contribution in [1.29, 1.82) is 0 Å². The summed E-state index contributed by atoms with van der Waals surface area (Å²) in [6.45, 7) is 13.9. The van der Waals surface area contributed by atoms with Gasteiger partial charge in [-0.15, -0.1) is 0 Å². The first-order chi connectivity index (χ1) is 4.36. The highest BCUT2D eigenvalue weighted by molar-refractivity contribution is 6.83. The molecule has 0 aliphatic carbocycles. The number of rotatable bonds is 2. The van der Waals surface area contributed by atoms with E-state index in [2.05, 4.69) is 46.5 Å². The van der Waals surface area contributed by atoms with Crippen molar-refractivity contribution < 1.29 is 0 Å². The topological polar surface area (TPSA) is 0 Å². The number of hydrogen-bond acceptors (Lipinski definition) is 0. The van der Waals surface area contributed by atoms with E-state index in [-0.39, 0.29) is 0 Å². The van der Waals surface area contributed by atoms with E-state index in [9.17, 15) is 0 Å². The minimum absolute atomic E-state index is 0.863. The van der Waals surface area contributed by atoms with Gasteiger partial charge in [-0.2, -0.15) is 0 Å². The molecule has 0 unspecified atom stereocenters. The molecule has 0 aromatic heterocycles. The first-order valence-electron chi connectivity index (χ1n) is 4.02. The molecule has 0 aliphatic heterocycles. The van der Waals surface area contributed by atoms with E-state index in [1.807, 2.05) is 0 Å². The molecule has 0 aromatic carbocycles. The first-order valence-corrected chi connectivity index (χ1v) is 7.18. The van der Waals surface area contributed by atoms with Crippen LogP contribution in [0.2, 0.25) is 18.6 Å². The van der Waals surface area contributed by atoms with E-state index in [0.29, 0.717) is 0 Å². The lowest BCUT2D eigenvalue weighted by Gasteiger charge is -2.23. The van der Waals surface area contributed by atoms with Crippen LogP contribution in [0.1, 0.15) is 27.7 Å². The highest BCUT2D eigenvalue weighted by Crippen LogP contribution is 2.22. The maximum absolute atomic E-state index is 2.48. The fourth-order valence-corrected chi connectivity index (χ4v) is 2.73. The maximum atomic E-state index is 2.48. The molecule has 0 amide bonds. The van der Waals surface area contributed by atoms with Crippen molar-refractivity contribution in [3.8, 4) is 0 Å². The van der Waals surface area contributed by atoms with Gasteiger partial charge in [0.05, 0.1) is 8.07 Å². The molecule has 1 heteroatoms. The van der Waals surface area contributed by atoms with Gasteiger partial charge >= 0.3 is 0 Å². The smallest absolute Gasteiger partial charge is 0.0741 e. The molecule has 0 saturated carbocycles. The van der Waals surface area contributed by atoms with Crippen molar-refractivity contribution in [3.63, 3.8) is 0 Å². The first kappa shape index (κ1) is 9.96. The summed E-state index contributed by atoms with van der Waals surface area (Å²) in [5, 5.41) is 0. The van der Waals surface area contributed by atoms with Gasteiger partial charge in [0.2, 0.25) is 0 Å². The van der Waals surface area contributed by atoms with E-state index in [1.165, 1.54) is 5.57 Å². The zero-order valence-corrected chi connectivity index (χ0v) is 9.15. The number of allylic oxidation sites excluding steroid dienone is 1. The summed E-state index contributed by atoms with van der Waals surface area (Å²) in [6, 6.07) is 0. The lowest BCUT2D eigenvalue weighted by atomic mass is 10.4. The molecular weight excluding hydrogens is 136 g/mol. The molecule has 0 atom stereocenters. The van der Waals surface area contributed by atoms with Gasteiger partial charge < -0.3 is 0 Å². The zero-order valence-electron chi connectivity index (χ0n) is 8.15. The third-order valence-corrected chi connectivity index (χ3v) is 6.45. The molecule has 0 radical (unpaired) electrons. The Hall–Kier alpha value is -0.0431. The van der Waals surface area contributed by atoms with Crippen molar-refractivity contribution in [3.05, 3.63) is 11.3 Å². The minimum atomic E-state index is -1.01. The van der Waals surface area contributed by atoms with Crippen molar-refractivity contribution >= 4 is 8.07 Å². The van der Waals surface area contributed by atoms with Gasteiger partial charge in [-0.3, -0.25) is 0 Å². The van der Waals surface area contributed by atoms with Crippen molar-refractivity contribution in [2.75, 3.05) is 0 Å². The maximum Gasteiger partial charge on any atom is 0.0741 e. The summed E-state index contributed by atoms with van der Waals surface area (Å²) in [4.78, 5) is 0. The minimum Gasteiger partial charge on any atom is -0.0958 e. The van der Waals surface area contributed by atoms with Crippen LogP contribution in [0.15, 0.2) is 11.3 Å². The van der Waals surface area contributed by atoms with E-state index in [0.717, 1.165) is 5.54 Å². The largest absolute Gasteiger partial charge is 0.0958 e. The van der Waals surface area contributed by atoms with Crippen LogP contribution in [-0.4, -0.2) is 8.07 Å². The molecule has 0 bridgehead atoms. The third kappa shape index (κ3) is 3.21. The highest BCUT2D eigenvalue weighted by Gasteiger charge is 2.21. The van der Waals surface area contributed by atoms with Crippen molar-refractivity contribution in [1.82, 2.24) is 0 Å². The lowest BCUT2D eigenvalue weighted by molar-refractivity contribution is 1.02. The third-order valence-electron chi connectivity index (χ3n) is 2.15. The van der Waals surface area contributed by atoms with Crippen LogP contribution in [0.4, 0.5) is 0 Å². The summed E-state index contributed by atoms with van der Waals surface area (Å²) < 4.78 is 0. The van der Waals surface area contributed by atoms with Gasteiger partial charge in [0.25, 0.3) is 0 Å². The van der Waals surface area contributed by atoms with E-state index in [4.69, 9.17) is 0 Å². The predicted octanol–water partition coefficient (Wildman–Crippen LogP) is 3.61. The number of hydrogen-bond donors (Lipinski definition) is 0. The fraction of sp³-hybridized carbons (Fsp3) is 0.778. The second-order valence-corrected chi connectivity index (χ2v) is 9.28. The molecule has 0 heterocycles. The second-order valence-electron chi connectivity index (χ2n) is 4.20. The zero-order chi connectivity index (χ0) is 8.36. The predicted molar refractivity (Wildman–Crippen MR) is 52.0 cm³/mol. The van der Waals surface area contributed by atoms with Crippen molar-refractivity contribution in [2.45, 2.75) is 46.3 Å². The summed E-state index contributed by atoms with van der Waals surface area (Å²) in [6.07, 6.45) is 0. The van der Waals surface area contributed by atoms with Crippen molar-refractivity contribution in [2.24, 2.45) is 0 Å². The van der Waals surface area contributed by atoms with Gasteiger partial charge in [-0.25, -0.2) is 0 Å². The molecule has 0 nitrogen and oxygen atoms in total. The average Bonchev–Trinajstić information content (AvgIpc) is 1.60. The Morgan fingerprint density at radius 2 is 1.60 bits per heavy atom. The molecule has 0 saturated heterocycles. The molecule has 10 heavy (non-hydrogen) atoms. The van der Waals surface area contributed by atoms with Crippen LogP contribution in [0, 0.1) is 0 Å². The van der Waals surface area contributed by atoms with Crippen LogP contribution < -0.4 is 0 Å². The SMILES string of the molecule is CC(C)=C[Si](C)(C)C(C)C. The molecule has 60 valence electrons. The van der Waals surface area contributed by atoms with Crippen LogP contribution in [0.3, 0.4) is 0 Å². The molecule has 0 rings (SSSR count). The summed E-state index contributed by atoms with van der Waals surface area (Å²) in [5.74, 6) is 0. The average molecular weight is 156 g/mol. The van der Waals surface area contributed by atoms with Gasteiger partial charge in [-0.05, 0) is 19.4 Å². The molecule has 0 aromatic rings. The molecule has 0 aliphatic rings. The summed E-state index contributed by atoms with van der Waals surface area (Å²) in [7, 11) is -1.01. The standard InChI is InChI=1S/C9H20Si/c1-8(2)7-10(5,6)9(3)4/h7,9H,1-6H3. The van der Waals surface area contributed by atoms with Crippen LogP contribution in [-0.2, 0) is 0 Å². The Labute approximate surface area is 66.4 Å². The Bertz CT molecular complexity index is 128. The van der Waals surface area contributed by atoms with E-state index in [1.54, 1.807) is 0 Å². The highest BCUT2D eigenvalue weighted by atomic mass is 28.3. The van der Waals surface area contributed by atoms with Gasteiger partial charge in [0.15, 0.2) is 0 Å². The molecule has 0 spiro atoms. The van der Waals surface area contributed by atoms with Crippen LogP contribution in [0.5, 0.6) is 0 Å². The Morgan fingerprint density at radius 3 is 1.70 bits per heavy atom. The Balaban J connectivity index is 4.27. The quantitative estimate of drug-likeness (QED) is 0.536. The van der Waals surface area contributed by atoms with E-state index < -0.39 is 8.07 Å². The van der Waals surface area contributed by atoms with Gasteiger partial charge in [0.1, 0.15) is 0 Å². The molecular formula is C9H20Si. The monoisotopic (exact) mass is 156 g/mol. The normalized spacial score (nSPS) is 11.9. The second kappa shape index (κ2) is 3.38. The van der Waals surface area contributed by atoms with Crippen LogP contribution in [0.25, 0.3) is 0 Å². The van der Waals surface area contributed by atoms with E-state index >= 15 is 0 Å². The molecule has 0 fully saturated rings. The Morgan fingerprint density at radius 1 is 1.20 bits per heavy atom. The van der Waals surface area contributed by atoms with Crippen LogP contribution >= 0.6 is 0 Å². The van der Waals surface area contributed by atoms with Gasteiger partial charge in [-0.1, -0.05) is 38.2 Å². The van der Waals surface area contributed by atoms with Gasteiger partial charge in [0, 0.05) is 0 Å². The summed E-state index contributed by atoms with van der Waals surface area (Å²) in [5.41, 5.74) is 4.82. The molecule has 0 N–H and O–H groups in total.